The number of carbonyl (C=O) groups is 3. The van der Waals surface area contributed by atoms with Gasteiger partial charge in [0.1, 0.15) is 5.75 Å². The van der Waals surface area contributed by atoms with Crippen molar-refractivity contribution < 1.29 is 29.3 Å². The van der Waals surface area contributed by atoms with Crippen LogP contribution >= 0.6 is 0 Å². The summed E-state index contributed by atoms with van der Waals surface area (Å²) in [5, 5.41) is 23.0. The van der Waals surface area contributed by atoms with Gasteiger partial charge in [-0.25, -0.2) is 0 Å². The van der Waals surface area contributed by atoms with E-state index in [2.05, 4.69) is 5.32 Å². The number of carboxylic acid groups (broad SMARTS) is 1. The fraction of sp³-hybridized carbons (Fsp3) is 0.609. The van der Waals surface area contributed by atoms with Crippen LogP contribution in [0.2, 0.25) is 0 Å². The van der Waals surface area contributed by atoms with E-state index >= 15 is 0 Å². The smallest absolute Gasteiger partial charge is 0.327 e. The molecule has 4 rings (SSSR count). The van der Waals surface area contributed by atoms with Gasteiger partial charge in [0.25, 0.3) is 0 Å². The van der Waals surface area contributed by atoms with E-state index in [1.807, 2.05) is 6.92 Å². The molecule has 3 aliphatic rings. The molecule has 2 aliphatic heterocycles. The lowest BCUT2D eigenvalue weighted by Crippen LogP contribution is -2.59. The van der Waals surface area contributed by atoms with Crippen LogP contribution < -0.4 is 10.1 Å². The number of carboxylic acids is 1. The molecular weight excluding hydrogens is 400 g/mol. The Morgan fingerprint density at radius 2 is 1.84 bits per heavy atom. The molecular formula is C23H30N2O6. The summed E-state index contributed by atoms with van der Waals surface area (Å²) < 4.78 is 5.61. The lowest BCUT2D eigenvalue weighted by molar-refractivity contribution is -0.154. The molecule has 2 saturated heterocycles. The third-order valence-corrected chi connectivity index (χ3v) is 6.97. The third kappa shape index (κ3) is 3.51. The van der Waals surface area contributed by atoms with Gasteiger partial charge in [-0.05, 0) is 37.0 Å². The Labute approximate surface area is 181 Å². The van der Waals surface area contributed by atoms with Crippen LogP contribution in [0, 0.1) is 11.8 Å². The molecule has 0 radical (unpaired) electrons. The number of amides is 2. The molecule has 31 heavy (non-hydrogen) atoms. The first kappa shape index (κ1) is 21.8. The molecule has 2 amide bonds. The standard InChI is InChI=1S/C23H30N2O6/c1-2-12-31-16-10-8-14(9-11-16)19-17-18(23(13-26,24-19)22(29)30)21(28)25(20(17)27)15-6-4-3-5-7-15/h8-11,15,17-19,24,26H,2-7,12-13H2,1H3,(H,29,30). The maximum absolute atomic E-state index is 13.5. The minimum atomic E-state index is -1.89. The molecule has 0 spiro atoms. The van der Waals surface area contributed by atoms with Crippen molar-refractivity contribution >= 4 is 17.8 Å². The van der Waals surface area contributed by atoms with Gasteiger partial charge in [0.15, 0.2) is 5.54 Å². The van der Waals surface area contributed by atoms with Gasteiger partial charge in [0.2, 0.25) is 11.8 Å². The van der Waals surface area contributed by atoms with Crippen molar-refractivity contribution in [2.24, 2.45) is 11.8 Å². The van der Waals surface area contributed by atoms with E-state index in [4.69, 9.17) is 4.74 Å². The molecule has 1 aliphatic carbocycles. The second kappa shape index (κ2) is 8.59. The number of rotatable bonds is 7. The Balaban J connectivity index is 1.70. The van der Waals surface area contributed by atoms with E-state index in [0.717, 1.165) is 38.5 Å². The minimum Gasteiger partial charge on any atom is -0.494 e. The van der Waals surface area contributed by atoms with Crippen LogP contribution in [-0.4, -0.2) is 57.7 Å². The molecule has 8 heteroatoms. The van der Waals surface area contributed by atoms with Crippen LogP contribution in [0.4, 0.5) is 0 Å². The van der Waals surface area contributed by atoms with Crippen molar-refractivity contribution in [2.45, 2.75) is 63.1 Å². The van der Waals surface area contributed by atoms with Gasteiger partial charge < -0.3 is 14.9 Å². The zero-order valence-electron chi connectivity index (χ0n) is 17.8. The molecule has 4 atom stereocenters. The second-order valence-electron chi connectivity index (χ2n) is 8.82. The number of hydrogen-bond donors (Lipinski definition) is 3. The predicted octanol–water partition coefficient (Wildman–Crippen LogP) is 1.87. The van der Waals surface area contributed by atoms with Crippen LogP contribution in [0.1, 0.15) is 57.1 Å². The highest BCUT2D eigenvalue weighted by Crippen LogP contribution is 2.50. The zero-order valence-corrected chi connectivity index (χ0v) is 17.8. The first-order valence-corrected chi connectivity index (χ1v) is 11.2. The maximum atomic E-state index is 13.5. The van der Waals surface area contributed by atoms with E-state index in [1.165, 1.54) is 4.90 Å². The number of ether oxygens (including phenoxy) is 1. The number of likely N-dealkylation sites (tertiary alicyclic amines) is 1. The highest BCUT2D eigenvalue weighted by Gasteiger charge is 2.69. The van der Waals surface area contributed by atoms with Crippen LogP contribution in [0.25, 0.3) is 0 Å². The number of imide groups is 1. The van der Waals surface area contributed by atoms with Gasteiger partial charge in [-0.1, -0.05) is 38.3 Å². The monoisotopic (exact) mass is 430 g/mol. The summed E-state index contributed by atoms with van der Waals surface area (Å²) in [5.41, 5.74) is -1.19. The number of aliphatic hydroxyl groups excluding tert-OH is 1. The predicted molar refractivity (Wildman–Crippen MR) is 111 cm³/mol. The molecule has 0 aromatic heterocycles. The van der Waals surface area contributed by atoms with Gasteiger partial charge in [0, 0.05) is 12.1 Å². The second-order valence-corrected chi connectivity index (χ2v) is 8.82. The quantitative estimate of drug-likeness (QED) is 0.566. The van der Waals surface area contributed by atoms with Crippen molar-refractivity contribution in [3.63, 3.8) is 0 Å². The highest BCUT2D eigenvalue weighted by molar-refractivity contribution is 6.09. The van der Waals surface area contributed by atoms with E-state index in [1.54, 1.807) is 24.3 Å². The van der Waals surface area contributed by atoms with E-state index in [0.29, 0.717) is 17.9 Å². The number of benzene rings is 1. The van der Waals surface area contributed by atoms with Gasteiger partial charge in [-0.3, -0.25) is 24.6 Å². The zero-order chi connectivity index (χ0) is 22.2. The molecule has 1 saturated carbocycles. The fourth-order valence-electron chi connectivity index (χ4n) is 5.41. The van der Waals surface area contributed by atoms with Crippen LogP contribution in [-0.2, 0) is 14.4 Å². The average molecular weight is 431 g/mol. The summed E-state index contributed by atoms with van der Waals surface area (Å²) in [6.07, 6.45) is 5.34. The summed E-state index contributed by atoms with van der Waals surface area (Å²) in [6.45, 7) is 1.83. The maximum Gasteiger partial charge on any atom is 0.327 e. The molecule has 8 nitrogen and oxygen atoms in total. The number of nitrogens with one attached hydrogen (secondary N) is 1. The normalized spacial score (nSPS) is 31.2. The number of hydrogen-bond acceptors (Lipinski definition) is 6. The fourth-order valence-corrected chi connectivity index (χ4v) is 5.41. The summed E-state index contributed by atoms with van der Waals surface area (Å²) in [5.74, 6) is -3.43. The molecule has 3 fully saturated rings. The van der Waals surface area contributed by atoms with Crippen LogP contribution in [0.5, 0.6) is 5.75 Å². The van der Waals surface area contributed by atoms with Crippen LogP contribution in [0.3, 0.4) is 0 Å². The molecule has 0 bridgehead atoms. The largest absolute Gasteiger partial charge is 0.494 e. The minimum absolute atomic E-state index is 0.185. The lowest BCUT2D eigenvalue weighted by Gasteiger charge is -2.33. The number of aliphatic carboxylic acids is 1. The number of nitrogens with zero attached hydrogens (tertiary/aromatic N) is 1. The lowest BCUT2D eigenvalue weighted by atomic mass is 9.79. The SMILES string of the molecule is CCCOc1ccc(C2NC(CO)(C(=O)O)C3C(=O)N(C4CCCCC4)C(=O)C23)cc1. The third-order valence-electron chi connectivity index (χ3n) is 6.97. The van der Waals surface area contributed by atoms with Crippen molar-refractivity contribution in [3.05, 3.63) is 29.8 Å². The Kier molecular flexibility index (Phi) is 6.03. The van der Waals surface area contributed by atoms with E-state index in [-0.39, 0.29) is 11.9 Å². The first-order valence-electron chi connectivity index (χ1n) is 11.2. The summed E-state index contributed by atoms with van der Waals surface area (Å²) >= 11 is 0. The number of carbonyl (C=O) groups excluding carboxylic acids is 2. The number of aliphatic hydroxyl groups is 1. The van der Waals surface area contributed by atoms with Crippen molar-refractivity contribution in [3.8, 4) is 5.75 Å². The first-order chi connectivity index (χ1) is 14.9. The Bertz CT molecular complexity index is 850. The van der Waals surface area contributed by atoms with Gasteiger partial charge in [0.05, 0.1) is 25.0 Å². The molecule has 2 heterocycles. The highest BCUT2D eigenvalue weighted by atomic mass is 16.5. The Morgan fingerprint density at radius 3 is 2.42 bits per heavy atom. The molecule has 3 N–H and O–H groups in total. The van der Waals surface area contributed by atoms with Gasteiger partial charge in [-0.15, -0.1) is 0 Å². The summed E-state index contributed by atoms with van der Waals surface area (Å²) in [4.78, 5) is 40.4. The Hall–Kier alpha value is -2.45. The van der Waals surface area contributed by atoms with Crippen molar-refractivity contribution in [1.82, 2.24) is 10.2 Å². The van der Waals surface area contributed by atoms with E-state index < -0.39 is 41.9 Å². The summed E-state index contributed by atoms with van der Waals surface area (Å²) in [7, 11) is 0. The molecule has 1 aromatic carbocycles. The average Bonchev–Trinajstić information content (AvgIpc) is 3.27. The number of fused-ring (bicyclic) bond motifs is 1. The molecule has 168 valence electrons. The Morgan fingerprint density at radius 1 is 1.16 bits per heavy atom. The van der Waals surface area contributed by atoms with Crippen molar-refractivity contribution in [2.75, 3.05) is 13.2 Å². The van der Waals surface area contributed by atoms with Gasteiger partial charge >= 0.3 is 5.97 Å². The molecule has 1 aromatic rings. The van der Waals surface area contributed by atoms with Gasteiger partial charge in [-0.2, -0.15) is 0 Å². The molecule has 4 unspecified atom stereocenters. The van der Waals surface area contributed by atoms with E-state index in [9.17, 15) is 24.6 Å². The topological polar surface area (TPSA) is 116 Å². The summed E-state index contributed by atoms with van der Waals surface area (Å²) in [6, 6.07) is 6.27. The van der Waals surface area contributed by atoms with Crippen molar-refractivity contribution in [1.29, 1.82) is 0 Å². The van der Waals surface area contributed by atoms with Crippen LogP contribution in [0.15, 0.2) is 24.3 Å².